The van der Waals surface area contributed by atoms with Crippen LogP contribution in [0.25, 0.3) is 0 Å². The smallest absolute Gasteiger partial charge is 0.247 e. The molecule has 138 valence electrons. The Kier molecular flexibility index (Phi) is 4.88. The average Bonchev–Trinajstić information content (AvgIpc) is 2.69. The molecule has 2 aliphatic heterocycles. The fourth-order valence-electron chi connectivity index (χ4n) is 3.60. The van der Waals surface area contributed by atoms with Crippen LogP contribution < -0.4 is 14.7 Å². The van der Waals surface area contributed by atoms with Crippen molar-refractivity contribution in [3.63, 3.8) is 0 Å². The highest BCUT2D eigenvalue weighted by atomic mass is 15.4. The largest absolute Gasteiger partial charge is 0.368 e. The molecule has 26 heavy (non-hydrogen) atoms. The highest BCUT2D eigenvalue weighted by molar-refractivity contribution is 5.51. The van der Waals surface area contributed by atoms with Gasteiger partial charge in [0.1, 0.15) is 0 Å². The summed E-state index contributed by atoms with van der Waals surface area (Å²) in [7, 11) is 2.15. The Balaban J connectivity index is 1.41. The number of benzene rings is 1. The van der Waals surface area contributed by atoms with Crippen LogP contribution in [0.3, 0.4) is 0 Å². The predicted octanol–water partition coefficient (Wildman–Crippen LogP) is 1.26. The summed E-state index contributed by atoms with van der Waals surface area (Å²) in [6, 6.07) is 8.73. The lowest BCUT2D eigenvalue weighted by molar-refractivity contribution is 0.311. The van der Waals surface area contributed by atoms with E-state index in [1.54, 1.807) is 6.20 Å². The van der Waals surface area contributed by atoms with Gasteiger partial charge in [-0.15, -0.1) is 5.10 Å². The van der Waals surface area contributed by atoms with Gasteiger partial charge in [0, 0.05) is 58.0 Å². The summed E-state index contributed by atoms with van der Waals surface area (Å²) >= 11 is 0. The van der Waals surface area contributed by atoms with Gasteiger partial charge in [0.25, 0.3) is 0 Å². The number of likely N-dealkylation sites (N-methyl/N-ethyl adjacent to an activating group) is 1. The van der Waals surface area contributed by atoms with Crippen molar-refractivity contribution in [3.05, 3.63) is 36.0 Å². The molecule has 7 nitrogen and oxygen atoms in total. The van der Waals surface area contributed by atoms with Crippen molar-refractivity contribution in [2.75, 3.05) is 74.1 Å². The number of aromatic nitrogens is 3. The van der Waals surface area contributed by atoms with E-state index in [0.29, 0.717) is 0 Å². The molecule has 0 aliphatic carbocycles. The molecule has 4 rings (SSSR count). The van der Waals surface area contributed by atoms with Gasteiger partial charge in [0.05, 0.1) is 6.20 Å². The molecule has 0 radical (unpaired) electrons. The Labute approximate surface area is 155 Å². The number of nitrogens with zero attached hydrogens (tertiary/aromatic N) is 7. The second kappa shape index (κ2) is 7.45. The maximum atomic E-state index is 4.80. The maximum absolute atomic E-state index is 4.80. The minimum Gasteiger partial charge on any atom is -0.368 e. The molecule has 0 atom stereocenters. The van der Waals surface area contributed by atoms with E-state index in [2.05, 4.69) is 68.0 Å². The van der Waals surface area contributed by atoms with Crippen molar-refractivity contribution in [3.8, 4) is 0 Å². The van der Waals surface area contributed by atoms with Crippen LogP contribution >= 0.6 is 0 Å². The molecule has 3 heterocycles. The Bertz CT molecular complexity index is 734. The molecular formula is C19H27N7. The van der Waals surface area contributed by atoms with E-state index in [9.17, 15) is 0 Å². The van der Waals surface area contributed by atoms with Gasteiger partial charge in [-0.1, -0.05) is 12.1 Å². The van der Waals surface area contributed by atoms with Gasteiger partial charge in [-0.25, -0.2) is 0 Å². The van der Waals surface area contributed by atoms with Crippen molar-refractivity contribution < 1.29 is 0 Å². The Morgan fingerprint density at radius 2 is 1.54 bits per heavy atom. The third-order valence-corrected chi connectivity index (χ3v) is 5.29. The molecular weight excluding hydrogens is 326 g/mol. The van der Waals surface area contributed by atoms with Crippen molar-refractivity contribution in [2.45, 2.75) is 6.92 Å². The molecule has 1 aromatic heterocycles. The third-order valence-electron chi connectivity index (χ3n) is 5.29. The van der Waals surface area contributed by atoms with Crippen LogP contribution in [-0.4, -0.2) is 79.5 Å². The van der Waals surface area contributed by atoms with E-state index in [0.717, 1.165) is 64.1 Å². The monoisotopic (exact) mass is 353 g/mol. The van der Waals surface area contributed by atoms with Gasteiger partial charge in [0.2, 0.25) is 5.95 Å². The fourth-order valence-corrected chi connectivity index (χ4v) is 3.60. The van der Waals surface area contributed by atoms with E-state index in [4.69, 9.17) is 4.98 Å². The lowest BCUT2D eigenvalue weighted by Crippen LogP contribution is -2.47. The van der Waals surface area contributed by atoms with Crippen LogP contribution in [-0.2, 0) is 0 Å². The number of hydrogen-bond acceptors (Lipinski definition) is 7. The first-order chi connectivity index (χ1) is 12.7. The van der Waals surface area contributed by atoms with Gasteiger partial charge in [-0.3, -0.25) is 0 Å². The summed E-state index contributed by atoms with van der Waals surface area (Å²) in [4.78, 5) is 14.1. The number of anilines is 3. The molecule has 0 saturated carbocycles. The van der Waals surface area contributed by atoms with E-state index >= 15 is 0 Å². The summed E-state index contributed by atoms with van der Waals surface area (Å²) in [6.45, 7) is 10.1. The predicted molar refractivity (Wildman–Crippen MR) is 105 cm³/mol. The summed E-state index contributed by atoms with van der Waals surface area (Å²) in [5.41, 5.74) is 2.62. The van der Waals surface area contributed by atoms with Crippen LogP contribution in [0, 0.1) is 6.92 Å². The van der Waals surface area contributed by atoms with Crippen LogP contribution in [0.15, 0.2) is 30.5 Å². The topological polar surface area (TPSA) is 51.6 Å². The minimum atomic E-state index is 0.761. The standard InChI is InChI=1S/C19H27N7/c1-16-4-3-5-17(14-16)24-10-12-25(13-11-24)18-15-20-22-19(21-18)26-8-6-23(2)7-9-26/h3-5,14-15H,6-13H2,1-2H3. The van der Waals surface area contributed by atoms with Crippen LogP contribution in [0.4, 0.5) is 17.5 Å². The Hall–Kier alpha value is -2.41. The summed E-state index contributed by atoms with van der Waals surface area (Å²) in [6.07, 6.45) is 1.79. The second-order valence-electron chi connectivity index (χ2n) is 7.22. The Morgan fingerprint density at radius 3 is 2.27 bits per heavy atom. The molecule has 2 fully saturated rings. The molecule has 0 unspecified atom stereocenters. The second-order valence-corrected chi connectivity index (χ2v) is 7.22. The molecule has 0 amide bonds. The first-order valence-corrected chi connectivity index (χ1v) is 9.39. The molecule has 7 heteroatoms. The van der Waals surface area contributed by atoms with Crippen LogP contribution in [0.2, 0.25) is 0 Å². The van der Waals surface area contributed by atoms with Gasteiger partial charge in [-0.2, -0.15) is 10.1 Å². The first-order valence-electron chi connectivity index (χ1n) is 9.39. The Morgan fingerprint density at radius 1 is 0.846 bits per heavy atom. The average molecular weight is 353 g/mol. The van der Waals surface area contributed by atoms with Gasteiger partial charge in [-0.05, 0) is 31.7 Å². The zero-order chi connectivity index (χ0) is 17.9. The summed E-state index contributed by atoms with van der Waals surface area (Å²) < 4.78 is 0. The van der Waals surface area contributed by atoms with Crippen LogP contribution in [0.1, 0.15) is 5.56 Å². The summed E-state index contributed by atoms with van der Waals surface area (Å²) in [5, 5.41) is 8.48. The van der Waals surface area contributed by atoms with Crippen molar-refractivity contribution in [2.24, 2.45) is 0 Å². The van der Waals surface area contributed by atoms with E-state index < -0.39 is 0 Å². The molecule has 0 N–H and O–H groups in total. The van der Waals surface area contributed by atoms with E-state index in [1.165, 1.54) is 11.3 Å². The third kappa shape index (κ3) is 3.72. The lowest BCUT2D eigenvalue weighted by atomic mass is 10.2. The minimum absolute atomic E-state index is 0.761. The quantitative estimate of drug-likeness (QED) is 0.823. The number of aryl methyl sites for hydroxylation is 1. The van der Waals surface area contributed by atoms with Gasteiger partial charge < -0.3 is 19.6 Å². The molecule has 2 saturated heterocycles. The SMILES string of the molecule is Cc1cccc(N2CCN(c3cnnc(N4CCN(C)CC4)n3)CC2)c1. The van der Waals surface area contributed by atoms with Gasteiger partial charge >= 0.3 is 0 Å². The molecule has 2 aromatic rings. The van der Waals surface area contributed by atoms with Crippen molar-refractivity contribution >= 4 is 17.5 Å². The molecule has 1 aromatic carbocycles. The van der Waals surface area contributed by atoms with E-state index in [1.807, 2.05) is 0 Å². The highest BCUT2D eigenvalue weighted by Crippen LogP contribution is 2.21. The molecule has 0 spiro atoms. The highest BCUT2D eigenvalue weighted by Gasteiger charge is 2.21. The first kappa shape index (κ1) is 17.0. The van der Waals surface area contributed by atoms with Crippen LogP contribution in [0.5, 0.6) is 0 Å². The van der Waals surface area contributed by atoms with E-state index in [-0.39, 0.29) is 0 Å². The summed E-state index contributed by atoms with van der Waals surface area (Å²) in [5.74, 6) is 1.70. The van der Waals surface area contributed by atoms with Crippen molar-refractivity contribution in [1.82, 2.24) is 20.1 Å². The zero-order valence-corrected chi connectivity index (χ0v) is 15.7. The normalized spacial score (nSPS) is 19.1. The molecule has 0 bridgehead atoms. The zero-order valence-electron chi connectivity index (χ0n) is 15.7. The maximum Gasteiger partial charge on any atom is 0.247 e. The number of rotatable bonds is 3. The molecule has 2 aliphatic rings. The number of piperazine rings is 2. The lowest BCUT2D eigenvalue weighted by Gasteiger charge is -2.37. The van der Waals surface area contributed by atoms with Gasteiger partial charge in [0.15, 0.2) is 5.82 Å². The number of hydrogen-bond donors (Lipinski definition) is 0. The fraction of sp³-hybridized carbons (Fsp3) is 0.526. The van der Waals surface area contributed by atoms with Crippen molar-refractivity contribution in [1.29, 1.82) is 0 Å².